The van der Waals surface area contributed by atoms with Crippen LogP contribution in [0.3, 0.4) is 0 Å². The number of hydrogen-bond donors (Lipinski definition) is 2. The predicted molar refractivity (Wildman–Crippen MR) is 119 cm³/mol. The summed E-state index contributed by atoms with van der Waals surface area (Å²) >= 11 is 1.73. The normalized spacial score (nSPS) is 20.6. The molecule has 1 atom stereocenters. The summed E-state index contributed by atoms with van der Waals surface area (Å²) in [6.45, 7) is 8.62. The Morgan fingerprint density at radius 3 is 2.29 bits per heavy atom. The number of ketones is 1. The van der Waals surface area contributed by atoms with Crippen LogP contribution in [0.4, 0.5) is 11.4 Å². The average Bonchev–Trinajstić information content (AvgIpc) is 2.78. The summed E-state index contributed by atoms with van der Waals surface area (Å²) in [5.41, 5.74) is 7.67. The Balaban J connectivity index is 1.87. The average molecular weight is 393 g/mol. The number of carbonyl (C=O) groups is 1. The van der Waals surface area contributed by atoms with Gasteiger partial charge in [0.15, 0.2) is 5.78 Å². The van der Waals surface area contributed by atoms with Gasteiger partial charge in [-0.2, -0.15) is 0 Å². The molecule has 4 rings (SSSR count). The second kappa shape index (κ2) is 7.00. The fourth-order valence-corrected chi connectivity index (χ4v) is 4.67. The highest BCUT2D eigenvalue weighted by atomic mass is 32.2. The third kappa shape index (κ3) is 3.46. The van der Waals surface area contributed by atoms with Crippen LogP contribution in [0.1, 0.15) is 49.4 Å². The van der Waals surface area contributed by atoms with Crippen LogP contribution in [0, 0.1) is 19.3 Å². The summed E-state index contributed by atoms with van der Waals surface area (Å²) in [5, 5.41) is 7.32. The van der Waals surface area contributed by atoms with E-state index >= 15 is 0 Å². The summed E-state index contributed by atoms with van der Waals surface area (Å²) in [4.78, 5) is 14.5. The summed E-state index contributed by atoms with van der Waals surface area (Å²) in [6, 6.07) is 12.8. The zero-order chi connectivity index (χ0) is 20.1. The number of Topliss-reactive ketones (excluding diaryl/α,β-unsaturated/α-hetero) is 1. The Hall–Kier alpha value is -2.20. The summed E-state index contributed by atoms with van der Waals surface area (Å²) in [7, 11) is 0. The lowest BCUT2D eigenvalue weighted by molar-refractivity contribution is -0.118. The quantitative estimate of drug-likeness (QED) is 0.593. The lowest BCUT2D eigenvalue weighted by Crippen LogP contribution is -2.31. The van der Waals surface area contributed by atoms with Crippen LogP contribution in [-0.2, 0) is 4.79 Å². The molecule has 0 unspecified atom stereocenters. The maximum atomic E-state index is 13.2. The summed E-state index contributed by atoms with van der Waals surface area (Å²) in [6.07, 6.45) is 3.54. The van der Waals surface area contributed by atoms with Gasteiger partial charge in [-0.05, 0) is 72.9 Å². The van der Waals surface area contributed by atoms with Crippen molar-refractivity contribution < 1.29 is 4.79 Å². The van der Waals surface area contributed by atoms with E-state index in [1.807, 2.05) is 0 Å². The van der Waals surface area contributed by atoms with E-state index in [4.69, 9.17) is 0 Å². The van der Waals surface area contributed by atoms with Crippen LogP contribution in [0.15, 0.2) is 52.6 Å². The number of thioether (sulfide) groups is 1. The largest absolute Gasteiger partial charge is 0.372 e. The number of allylic oxidation sites excluding steroid dienone is 1. The molecule has 2 aromatic rings. The van der Waals surface area contributed by atoms with Gasteiger partial charge in [0.25, 0.3) is 0 Å². The van der Waals surface area contributed by atoms with E-state index in [2.05, 4.69) is 81.0 Å². The number of aryl methyl sites for hydroxylation is 2. The molecule has 4 heteroatoms. The first-order valence-corrected chi connectivity index (χ1v) is 11.0. The third-order valence-corrected chi connectivity index (χ3v) is 6.62. The van der Waals surface area contributed by atoms with Gasteiger partial charge < -0.3 is 10.6 Å². The van der Waals surface area contributed by atoms with Gasteiger partial charge in [0.1, 0.15) is 0 Å². The van der Waals surface area contributed by atoms with Gasteiger partial charge in [-0.15, -0.1) is 11.8 Å². The van der Waals surface area contributed by atoms with Crippen LogP contribution >= 0.6 is 11.8 Å². The second-order valence-corrected chi connectivity index (χ2v) is 9.67. The number of nitrogens with one attached hydrogen (secondary N) is 2. The highest BCUT2D eigenvalue weighted by Gasteiger charge is 2.38. The Morgan fingerprint density at radius 1 is 1.00 bits per heavy atom. The second-order valence-electron chi connectivity index (χ2n) is 8.79. The van der Waals surface area contributed by atoms with E-state index < -0.39 is 0 Å². The molecule has 0 radical (unpaired) electrons. The minimum absolute atomic E-state index is 0.0274. The van der Waals surface area contributed by atoms with E-state index in [1.165, 1.54) is 16.0 Å². The summed E-state index contributed by atoms with van der Waals surface area (Å²) in [5.74, 6) is 0.242. The third-order valence-electron chi connectivity index (χ3n) is 5.88. The highest BCUT2D eigenvalue weighted by Crippen LogP contribution is 2.46. The number of rotatable bonds is 2. The first-order chi connectivity index (χ1) is 13.3. The van der Waals surface area contributed by atoms with Gasteiger partial charge in [0, 0.05) is 22.6 Å². The molecular weight excluding hydrogens is 364 g/mol. The van der Waals surface area contributed by atoms with Crippen molar-refractivity contribution in [2.24, 2.45) is 5.41 Å². The molecular formula is C24H28N2OS. The molecule has 2 aromatic carbocycles. The van der Waals surface area contributed by atoms with Gasteiger partial charge >= 0.3 is 0 Å². The van der Waals surface area contributed by atoms with Gasteiger partial charge in [0.2, 0.25) is 0 Å². The molecule has 0 fully saturated rings. The molecule has 146 valence electrons. The van der Waals surface area contributed by atoms with Crippen molar-refractivity contribution >= 4 is 28.9 Å². The van der Waals surface area contributed by atoms with Crippen molar-refractivity contribution in [3.8, 4) is 0 Å². The van der Waals surface area contributed by atoms with Gasteiger partial charge in [-0.3, -0.25) is 4.79 Å². The topological polar surface area (TPSA) is 41.1 Å². The SMILES string of the molecule is CSc1ccc([C@@H]2Nc3cc(C)c(C)cc3NC3=C2C(=O)CC(C)(C)C3)cc1. The van der Waals surface area contributed by atoms with Crippen LogP contribution in [0.5, 0.6) is 0 Å². The molecule has 0 aromatic heterocycles. The molecule has 0 bridgehead atoms. The minimum atomic E-state index is -0.134. The first kappa shape index (κ1) is 19.1. The van der Waals surface area contributed by atoms with Crippen molar-refractivity contribution in [2.75, 3.05) is 16.9 Å². The zero-order valence-corrected chi connectivity index (χ0v) is 18.1. The van der Waals surface area contributed by atoms with Gasteiger partial charge in [-0.1, -0.05) is 26.0 Å². The van der Waals surface area contributed by atoms with Gasteiger partial charge in [-0.25, -0.2) is 0 Å². The van der Waals surface area contributed by atoms with Gasteiger partial charge in [0.05, 0.1) is 17.4 Å². The number of hydrogen-bond acceptors (Lipinski definition) is 4. The lowest BCUT2D eigenvalue weighted by atomic mass is 9.73. The maximum Gasteiger partial charge on any atom is 0.163 e. The number of anilines is 2. The van der Waals surface area contributed by atoms with Crippen LogP contribution < -0.4 is 10.6 Å². The van der Waals surface area contributed by atoms with Crippen molar-refractivity contribution in [3.63, 3.8) is 0 Å². The Labute approximate surface area is 172 Å². The maximum absolute atomic E-state index is 13.2. The molecule has 0 saturated heterocycles. The molecule has 1 aliphatic heterocycles. The molecule has 0 spiro atoms. The van der Waals surface area contributed by atoms with E-state index in [0.29, 0.717) is 6.42 Å². The monoisotopic (exact) mass is 392 g/mol. The van der Waals surface area contributed by atoms with Crippen molar-refractivity contribution in [3.05, 3.63) is 64.4 Å². The number of carbonyl (C=O) groups excluding carboxylic acids is 1. The lowest BCUT2D eigenvalue weighted by Gasteiger charge is -2.34. The van der Waals surface area contributed by atoms with E-state index in [0.717, 1.165) is 34.6 Å². The smallest absolute Gasteiger partial charge is 0.163 e. The number of fused-ring (bicyclic) bond motifs is 1. The van der Waals surface area contributed by atoms with E-state index in [-0.39, 0.29) is 17.2 Å². The van der Waals surface area contributed by atoms with Crippen LogP contribution in [0.25, 0.3) is 0 Å². The molecule has 3 nitrogen and oxygen atoms in total. The fraction of sp³-hybridized carbons (Fsp3) is 0.375. The van der Waals surface area contributed by atoms with Crippen molar-refractivity contribution in [1.29, 1.82) is 0 Å². The van der Waals surface area contributed by atoms with Crippen molar-refractivity contribution in [1.82, 2.24) is 0 Å². The zero-order valence-electron chi connectivity index (χ0n) is 17.3. The first-order valence-electron chi connectivity index (χ1n) is 9.82. The molecule has 1 aliphatic carbocycles. The van der Waals surface area contributed by atoms with Crippen molar-refractivity contribution in [2.45, 2.75) is 51.5 Å². The fourth-order valence-electron chi connectivity index (χ4n) is 4.26. The van der Waals surface area contributed by atoms with E-state index in [9.17, 15) is 4.79 Å². The van der Waals surface area contributed by atoms with E-state index in [1.54, 1.807) is 11.8 Å². The Bertz CT molecular complexity index is 973. The van der Waals surface area contributed by atoms with Crippen LogP contribution in [-0.4, -0.2) is 12.0 Å². The highest BCUT2D eigenvalue weighted by molar-refractivity contribution is 7.98. The molecule has 0 saturated carbocycles. The summed E-state index contributed by atoms with van der Waals surface area (Å²) < 4.78 is 0. The predicted octanol–water partition coefficient (Wildman–Crippen LogP) is 6.25. The number of benzene rings is 2. The van der Waals surface area contributed by atoms with Crippen LogP contribution in [0.2, 0.25) is 0 Å². The Morgan fingerprint density at radius 2 is 1.64 bits per heavy atom. The molecule has 0 amide bonds. The Kier molecular flexibility index (Phi) is 4.78. The standard InChI is InChI=1S/C24H28N2OS/c1-14-10-18-19(11-15(14)2)26-23(16-6-8-17(28-5)9-7-16)22-20(25-18)12-24(3,4)13-21(22)27/h6-11,23,25-26H,12-13H2,1-5H3/t23-/m0/s1. The molecule has 1 heterocycles. The minimum Gasteiger partial charge on any atom is -0.372 e. The molecule has 28 heavy (non-hydrogen) atoms. The molecule has 2 N–H and O–H groups in total. The molecule has 2 aliphatic rings.